The van der Waals surface area contributed by atoms with Crippen molar-refractivity contribution in [3.8, 4) is 0 Å². The van der Waals surface area contributed by atoms with Crippen LogP contribution in [0.4, 0.5) is 10.1 Å². The lowest BCUT2D eigenvalue weighted by Gasteiger charge is -2.29. The third kappa shape index (κ3) is 3.71. The third-order valence-corrected chi connectivity index (χ3v) is 4.28. The predicted octanol–water partition coefficient (Wildman–Crippen LogP) is 2.29. The van der Waals surface area contributed by atoms with Crippen LogP contribution in [-0.4, -0.2) is 36.5 Å². The summed E-state index contributed by atoms with van der Waals surface area (Å²) in [5.41, 5.74) is 4.86. The average molecular weight is 318 g/mol. The number of aryl methyl sites for hydroxylation is 2. The molecule has 1 aromatic heterocycles. The van der Waals surface area contributed by atoms with Crippen molar-refractivity contribution in [3.63, 3.8) is 0 Å². The van der Waals surface area contributed by atoms with Crippen molar-refractivity contribution >= 4 is 5.69 Å². The lowest BCUT2D eigenvalue weighted by molar-refractivity contribution is 0.122. The molecule has 0 spiro atoms. The molecular weight excluding hydrogens is 295 g/mol. The third-order valence-electron chi connectivity index (χ3n) is 4.28. The molecule has 0 radical (unpaired) electrons. The van der Waals surface area contributed by atoms with E-state index in [0.717, 1.165) is 36.6 Å². The van der Waals surface area contributed by atoms with Crippen molar-refractivity contribution in [1.82, 2.24) is 15.5 Å². The summed E-state index contributed by atoms with van der Waals surface area (Å²) >= 11 is 0. The molecule has 0 bridgehead atoms. The monoisotopic (exact) mass is 318 g/mol. The molecule has 1 aliphatic rings. The SMILES string of the molecule is Cc1n[nH]c(C)c1CNCc1ccc(N2CCOCC2)c(F)c1. The number of H-pyrrole nitrogens is 1. The van der Waals surface area contributed by atoms with E-state index in [-0.39, 0.29) is 5.82 Å². The van der Waals surface area contributed by atoms with Crippen LogP contribution in [0.2, 0.25) is 0 Å². The molecule has 0 saturated carbocycles. The van der Waals surface area contributed by atoms with E-state index < -0.39 is 0 Å². The van der Waals surface area contributed by atoms with Crippen LogP contribution in [0.25, 0.3) is 0 Å². The molecule has 124 valence electrons. The summed E-state index contributed by atoms with van der Waals surface area (Å²) in [5, 5.41) is 10.5. The number of aromatic amines is 1. The van der Waals surface area contributed by atoms with Crippen LogP contribution in [-0.2, 0) is 17.8 Å². The summed E-state index contributed by atoms with van der Waals surface area (Å²) < 4.78 is 19.6. The van der Waals surface area contributed by atoms with Gasteiger partial charge in [0.2, 0.25) is 0 Å². The Balaban J connectivity index is 1.59. The highest BCUT2D eigenvalue weighted by atomic mass is 19.1. The number of hydrogen-bond donors (Lipinski definition) is 2. The standard InChI is InChI=1S/C17H23FN4O/c1-12-15(13(2)21-20-12)11-19-10-14-3-4-17(16(18)9-14)22-5-7-23-8-6-22/h3-4,9,19H,5-8,10-11H2,1-2H3,(H,20,21). The van der Waals surface area contributed by atoms with Crippen LogP contribution in [0.15, 0.2) is 18.2 Å². The lowest BCUT2D eigenvalue weighted by atomic mass is 10.1. The van der Waals surface area contributed by atoms with Gasteiger partial charge in [0.1, 0.15) is 5.82 Å². The molecule has 1 fully saturated rings. The van der Waals surface area contributed by atoms with Crippen LogP contribution in [0.3, 0.4) is 0 Å². The van der Waals surface area contributed by atoms with E-state index in [0.29, 0.717) is 25.4 Å². The summed E-state index contributed by atoms with van der Waals surface area (Å²) in [6.45, 7) is 8.15. The zero-order chi connectivity index (χ0) is 16.2. The maximum absolute atomic E-state index is 14.3. The first-order valence-electron chi connectivity index (χ1n) is 7.97. The van der Waals surface area contributed by atoms with Gasteiger partial charge in [-0.2, -0.15) is 5.10 Å². The molecule has 1 aliphatic heterocycles. The van der Waals surface area contributed by atoms with Crippen LogP contribution < -0.4 is 10.2 Å². The van der Waals surface area contributed by atoms with Crippen molar-refractivity contribution in [3.05, 3.63) is 46.5 Å². The molecule has 0 atom stereocenters. The maximum Gasteiger partial charge on any atom is 0.146 e. The Morgan fingerprint density at radius 3 is 2.70 bits per heavy atom. The fraction of sp³-hybridized carbons (Fsp3) is 0.471. The summed E-state index contributed by atoms with van der Waals surface area (Å²) in [5.74, 6) is -0.165. The Kier molecular flexibility index (Phi) is 4.93. The second kappa shape index (κ2) is 7.10. The van der Waals surface area contributed by atoms with Crippen molar-refractivity contribution in [2.75, 3.05) is 31.2 Å². The minimum absolute atomic E-state index is 0.165. The number of benzene rings is 1. The fourth-order valence-electron chi connectivity index (χ4n) is 2.89. The largest absolute Gasteiger partial charge is 0.378 e. The molecule has 2 N–H and O–H groups in total. The van der Waals surface area contributed by atoms with Gasteiger partial charge in [-0.3, -0.25) is 5.10 Å². The zero-order valence-electron chi connectivity index (χ0n) is 13.7. The van der Waals surface area contributed by atoms with Gasteiger partial charge in [0.25, 0.3) is 0 Å². The number of rotatable bonds is 5. The molecule has 6 heteroatoms. The zero-order valence-corrected chi connectivity index (χ0v) is 13.7. The van der Waals surface area contributed by atoms with E-state index >= 15 is 0 Å². The maximum atomic E-state index is 14.3. The number of anilines is 1. The van der Waals surface area contributed by atoms with Gasteiger partial charge in [-0.1, -0.05) is 6.07 Å². The second-order valence-corrected chi connectivity index (χ2v) is 5.90. The molecular formula is C17H23FN4O. The highest BCUT2D eigenvalue weighted by molar-refractivity contribution is 5.49. The van der Waals surface area contributed by atoms with Gasteiger partial charge in [0.05, 0.1) is 24.6 Å². The van der Waals surface area contributed by atoms with Crippen LogP contribution >= 0.6 is 0 Å². The number of halogens is 1. The summed E-state index contributed by atoms with van der Waals surface area (Å²) in [7, 11) is 0. The molecule has 2 heterocycles. The van der Waals surface area contributed by atoms with Gasteiger partial charge in [-0.25, -0.2) is 4.39 Å². The molecule has 1 aromatic carbocycles. The Bertz CT molecular complexity index is 645. The van der Waals surface area contributed by atoms with E-state index in [9.17, 15) is 4.39 Å². The van der Waals surface area contributed by atoms with Crippen LogP contribution in [0.5, 0.6) is 0 Å². The summed E-state index contributed by atoms with van der Waals surface area (Å²) in [6.07, 6.45) is 0. The second-order valence-electron chi connectivity index (χ2n) is 5.90. The molecule has 1 saturated heterocycles. The van der Waals surface area contributed by atoms with Gasteiger partial charge in [-0.15, -0.1) is 0 Å². The fourth-order valence-corrected chi connectivity index (χ4v) is 2.89. The Morgan fingerprint density at radius 1 is 1.26 bits per heavy atom. The molecule has 3 rings (SSSR count). The molecule has 2 aromatic rings. The number of ether oxygens (including phenoxy) is 1. The normalized spacial score (nSPS) is 15.2. The van der Waals surface area contributed by atoms with E-state index in [1.54, 1.807) is 6.07 Å². The smallest absolute Gasteiger partial charge is 0.146 e. The average Bonchev–Trinajstić information content (AvgIpc) is 2.88. The Hall–Kier alpha value is -1.92. The van der Waals surface area contributed by atoms with Crippen molar-refractivity contribution < 1.29 is 9.13 Å². The highest BCUT2D eigenvalue weighted by Gasteiger charge is 2.15. The van der Waals surface area contributed by atoms with Gasteiger partial charge < -0.3 is 15.0 Å². The highest BCUT2D eigenvalue weighted by Crippen LogP contribution is 2.21. The van der Waals surface area contributed by atoms with E-state index in [1.807, 2.05) is 30.9 Å². The van der Waals surface area contributed by atoms with Gasteiger partial charge in [-0.05, 0) is 31.5 Å². The van der Waals surface area contributed by atoms with E-state index in [4.69, 9.17) is 4.74 Å². The van der Waals surface area contributed by atoms with E-state index in [2.05, 4.69) is 15.5 Å². The summed E-state index contributed by atoms with van der Waals surface area (Å²) in [6, 6.07) is 5.47. The minimum Gasteiger partial charge on any atom is -0.378 e. The quantitative estimate of drug-likeness (QED) is 0.888. The topological polar surface area (TPSA) is 53.2 Å². The predicted molar refractivity (Wildman–Crippen MR) is 88.0 cm³/mol. The molecule has 0 amide bonds. The van der Waals surface area contributed by atoms with Gasteiger partial charge >= 0.3 is 0 Å². The number of nitrogens with zero attached hydrogens (tertiary/aromatic N) is 2. The number of hydrogen-bond acceptors (Lipinski definition) is 4. The molecule has 23 heavy (non-hydrogen) atoms. The number of aromatic nitrogens is 2. The van der Waals surface area contributed by atoms with Gasteiger partial charge in [0, 0.05) is 37.4 Å². The Morgan fingerprint density at radius 2 is 2.04 bits per heavy atom. The first-order valence-corrected chi connectivity index (χ1v) is 7.97. The van der Waals surface area contributed by atoms with Crippen molar-refractivity contribution in [2.24, 2.45) is 0 Å². The molecule has 0 aliphatic carbocycles. The first-order chi connectivity index (χ1) is 11.1. The van der Waals surface area contributed by atoms with Crippen molar-refractivity contribution in [1.29, 1.82) is 0 Å². The van der Waals surface area contributed by atoms with Crippen molar-refractivity contribution in [2.45, 2.75) is 26.9 Å². The van der Waals surface area contributed by atoms with Crippen LogP contribution in [0.1, 0.15) is 22.5 Å². The molecule has 5 nitrogen and oxygen atoms in total. The summed E-state index contributed by atoms with van der Waals surface area (Å²) in [4.78, 5) is 2.04. The number of morpholine rings is 1. The first kappa shape index (κ1) is 16.0. The number of nitrogens with one attached hydrogen (secondary N) is 2. The molecule has 0 unspecified atom stereocenters. The lowest BCUT2D eigenvalue weighted by Crippen LogP contribution is -2.36. The van der Waals surface area contributed by atoms with E-state index in [1.165, 1.54) is 5.56 Å². The van der Waals surface area contributed by atoms with Gasteiger partial charge in [0.15, 0.2) is 0 Å². The minimum atomic E-state index is -0.165. The van der Waals surface area contributed by atoms with Crippen LogP contribution in [0, 0.1) is 19.7 Å². The Labute approximate surface area is 135 Å².